The Morgan fingerprint density at radius 2 is 0.700 bits per heavy atom. The van der Waals surface area contributed by atoms with Crippen LogP contribution in [0.25, 0.3) is 0 Å². The van der Waals surface area contributed by atoms with Crippen molar-refractivity contribution in [3.8, 4) is 0 Å². The first kappa shape index (κ1) is 35.4. The summed E-state index contributed by atoms with van der Waals surface area (Å²) in [4.78, 5) is 67.7. The van der Waals surface area contributed by atoms with Gasteiger partial charge in [0.15, 0.2) is 0 Å². The van der Waals surface area contributed by atoms with Crippen LogP contribution in [0, 0.1) is 29.6 Å². The molecule has 1 aliphatic heterocycles. The van der Waals surface area contributed by atoms with Crippen LogP contribution >= 0.6 is 0 Å². The zero-order valence-corrected chi connectivity index (χ0v) is 26.4. The zero-order valence-electron chi connectivity index (χ0n) is 26.4. The molecule has 5 amide bonds. The first-order valence-electron chi connectivity index (χ1n) is 15.1. The van der Waals surface area contributed by atoms with Crippen molar-refractivity contribution in [3.63, 3.8) is 0 Å². The number of nitrogens with one attached hydrogen (secondary N) is 5. The van der Waals surface area contributed by atoms with E-state index in [1.54, 1.807) is 0 Å². The molecular formula is C30H55N5O5. The molecule has 10 heteroatoms. The van der Waals surface area contributed by atoms with Crippen LogP contribution in [0.4, 0.5) is 0 Å². The van der Waals surface area contributed by atoms with Crippen molar-refractivity contribution >= 4 is 29.5 Å². The van der Waals surface area contributed by atoms with Crippen molar-refractivity contribution in [2.75, 3.05) is 0 Å². The van der Waals surface area contributed by atoms with Crippen LogP contribution < -0.4 is 26.6 Å². The van der Waals surface area contributed by atoms with Gasteiger partial charge < -0.3 is 26.6 Å². The van der Waals surface area contributed by atoms with Gasteiger partial charge in [-0.2, -0.15) is 0 Å². The summed E-state index contributed by atoms with van der Waals surface area (Å²) in [6.45, 7) is 19.3. The van der Waals surface area contributed by atoms with Gasteiger partial charge in [0.25, 0.3) is 0 Å². The van der Waals surface area contributed by atoms with Gasteiger partial charge in [-0.3, -0.25) is 24.0 Å². The fourth-order valence-corrected chi connectivity index (χ4v) is 4.82. The molecule has 1 heterocycles. The molecule has 40 heavy (non-hydrogen) atoms. The Hall–Kier alpha value is -2.65. The summed E-state index contributed by atoms with van der Waals surface area (Å²) < 4.78 is 0. The van der Waals surface area contributed by atoms with E-state index in [0.29, 0.717) is 32.1 Å². The second-order valence-corrected chi connectivity index (χ2v) is 12.8. The predicted octanol–water partition coefficient (Wildman–Crippen LogP) is 2.65. The summed E-state index contributed by atoms with van der Waals surface area (Å²) >= 11 is 0. The highest BCUT2D eigenvalue weighted by Crippen LogP contribution is 2.16. The number of carbonyl (C=O) groups is 5. The summed E-state index contributed by atoms with van der Waals surface area (Å²) in [5.41, 5.74) is 0. The quantitative estimate of drug-likeness (QED) is 0.277. The van der Waals surface area contributed by atoms with E-state index in [0.717, 1.165) is 0 Å². The third kappa shape index (κ3) is 11.1. The van der Waals surface area contributed by atoms with Gasteiger partial charge in [-0.25, -0.2) is 0 Å². The molecule has 0 spiro atoms. The molecule has 0 saturated carbocycles. The third-order valence-corrected chi connectivity index (χ3v) is 7.61. The lowest BCUT2D eigenvalue weighted by molar-refractivity contribution is -0.135. The van der Waals surface area contributed by atoms with Crippen molar-refractivity contribution in [3.05, 3.63) is 0 Å². The minimum absolute atomic E-state index is 0.0826. The molecule has 0 unspecified atom stereocenters. The number of hydrogen-bond donors (Lipinski definition) is 5. The summed E-state index contributed by atoms with van der Waals surface area (Å²) in [7, 11) is 0. The Kier molecular flexibility index (Phi) is 14.7. The van der Waals surface area contributed by atoms with Gasteiger partial charge in [-0.05, 0) is 48.9 Å². The van der Waals surface area contributed by atoms with Crippen LogP contribution in [0.5, 0.6) is 0 Å². The minimum atomic E-state index is -0.897. The maximum atomic E-state index is 13.6. The lowest BCUT2D eigenvalue weighted by Gasteiger charge is -2.30. The van der Waals surface area contributed by atoms with Gasteiger partial charge in [0, 0.05) is 0 Å². The van der Waals surface area contributed by atoms with Crippen molar-refractivity contribution in [1.29, 1.82) is 0 Å². The van der Waals surface area contributed by atoms with Crippen molar-refractivity contribution in [1.82, 2.24) is 26.6 Å². The summed E-state index contributed by atoms with van der Waals surface area (Å²) in [6, 6.07) is -4.46. The van der Waals surface area contributed by atoms with Gasteiger partial charge in [0.2, 0.25) is 29.5 Å². The van der Waals surface area contributed by atoms with Crippen LogP contribution in [0.15, 0.2) is 0 Å². The number of carbonyl (C=O) groups excluding carboxylic acids is 5. The molecule has 0 aromatic heterocycles. The Balaban J connectivity index is 3.67. The lowest BCUT2D eigenvalue weighted by Crippen LogP contribution is -2.60. The average molecular weight is 566 g/mol. The van der Waals surface area contributed by atoms with Crippen molar-refractivity contribution < 1.29 is 24.0 Å². The molecular weight excluding hydrogens is 510 g/mol. The topological polar surface area (TPSA) is 146 Å². The van der Waals surface area contributed by atoms with Crippen LogP contribution in [0.1, 0.15) is 101 Å². The highest BCUT2D eigenvalue weighted by Gasteiger charge is 2.37. The Morgan fingerprint density at radius 1 is 0.450 bits per heavy atom. The van der Waals surface area contributed by atoms with Gasteiger partial charge in [0.05, 0.1) is 0 Å². The average Bonchev–Trinajstić information content (AvgIpc) is 2.86. The first-order chi connectivity index (χ1) is 18.6. The van der Waals surface area contributed by atoms with E-state index in [4.69, 9.17) is 0 Å². The van der Waals surface area contributed by atoms with Gasteiger partial charge >= 0.3 is 0 Å². The molecule has 7 atom stereocenters. The smallest absolute Gasteiger partial charge is 0.243 e. The summed E-state index contributed by atoms with van der Waals surface area (Å²) in [5, 5.41) is 14.3. The molecule has 0 bridgehead atoms. The second-order valence-electron chi connectivity index (χ2n) is 12.8. The van der Waals surface area contributed by atoms with Crippen molar-refractivity contribution in [2.24, 2.45) is 29.6 Å². The van der Waals surface area contributed by atoms with E-state index in [2.05, 4.69) is 26.6 Å². The van der Waals surface area contributed by atoms with E-state index < -0.39 is 59.7 Å². The molecule has 230 valence electrons. The van der Waals surface area contributed by atoms with Crippen LogP contribution in [0.3, 0.4) is 0 Å². The monoisotopic (exact) mass is 565 g/mol. The number of rotatable bonds is 10. The molecule has 1 aliphatic rings. The van der Waals surface area contributed by atoms with E-state index in [-0.39, 0.29) is 29.6 Å². The molecule has 0 aliphatic carbocycles. The molecule has 1 rings (SSSR count). The summed E-state index contributed by atoms with van der Waals surface area (Å²) in [5.74, 6) is -2.51. The number of amides is 5. The standard InChI is InChI=1S/C30H55N5O5/c1-11-19(9)24-29(39)33-22(14-17(5)6)27(37)31-21(13-16(3)4)26(36)32-23(15-18(7)8)28(38)34-25(20(10)12-2)30(40)35-24/h16-25H,11-15H2,1-10H3,(H,31,37)(H,32,36)(H,33,39)(H,34,38)(H,35,40)/t19-,20+,21+,22+,23+,24+,25+/m1/s1. The molecule has 0 aromatic carbocycles. The van der Waals surface area contributed by atoms with Gasteiger partial charge in [0.1, 0.15) is 30.2 Å². The maximum Gasteiger partial charge on any atom is 0.243 e. The number of hydrogen-bond acceptors (Lipinski definition) is 5. The maximum absolute atomic E-state index is 13.6. The molecule has 10 nitrogen and oxygen atoms in total. The van der Waals surface area contributed by atoms with Crippen LogP contribution in [-0.4, -0.2) is 59.7 Å². The van der Waals surface area contributed by atoms with E-state index in [9.17, 15) is 24.0 Å². The Bertz CT molecular complexity index is 859. The van der Waals surface area contributed by atoms with E-state index in [1.165, 1.54) is 0 Å². The fraction of sp³-hybridized carbons (Fsp3) is 0.833. The minimum Gasteiger partial charge on any atom is -0.343 e. The molecule has 1 fully saturated rings. The van der Waals surface area contributed by atoms with Crippen LogP contribution in [-0.2, 0) is 24.0 Å². The second kappa shape index (κ2) is 16.6. The van der Waals surface area contributed by atoms with E-state index in [1.807, 2.05) is 69.2 Å². The third-order valence-electron chi connectivity index (χ3n) is 7.61. The van der Waals surface area contributed by atoms with E-state index >= 15 is 0 Å². The Labute approximate surface area is 241 Å². The Morgan fingerprint density at radius 3 is 1.00 bits per heavy atom. The first-order valence-corrected chi connectivity index (χ1v) is 15.1. The van der Waals surface area contributed by atoms with Crippen molar-refractivity contribution in [2.45, 2.75) is 132 Å². The SMILES string of the molecule is CC[C@@H](C)[C@@H]1NC(=O)[C@H]([C@@H](C)CC)NC(=O)[C@H](CC(C)C)NC(=O)[C@H](CC(C)C)NC(=O)[C@H](CC(C)C)NC1=O. The largest absolute Gasteiger partial charge is 0.343 e. The lowest BCUT2D eigenvalue weighted by atomic mass is 9.94. The fourth-order valence-electron chi connectivity index (χ4n) is 4.82. The van der Waals surface area contributed by atoms with Gasteiger partial charge in [-0.15, -0.1) is 0 Å². The molecule has 5 N–H and O–H groups in total. The van der Waals surface area contributed by atoms with Crippen LogP contribution in [0.2, 0.25) is 0 Å². The molecule has 0 radical (unpaired) electrons. The summed E-state index contributed by atoms with van der Waals surface area (Å²) in [6.07, 6.45) is 2.32. The molecule has 1 saturated heterocycles. The predicted molar refractivity (Wildman–Crippen MR) is 157 cm³/mol. The highest BCUT2D eigenvalue weighted by molar-refractivity contribution is 5.98. The normalized spacial score (nSPS) is 27.2. The molecule has 0 aromatic rings. The van der Waals surface area contributed by atoms with Gasteiger partial charge in [-0.1, -0.05) is 82.1 Å². The highest BCUT2D eigenvalue weighted by atomic mass is 16.2. The zero-order chi connectivity index (χ0) is 30.7.